The van der Waals surface area contributed by atoms with E-state index < -0.39 is 6.04 Å². The average molecular weight is 611 g/mol. The molecule has 2 saturated carbocycles. The fourth-order valence-corrected chi connectivity index (χ4v) is 8.00. The van der Waals surface area contributed by atoms with Gasteiger partial charge in [0.2, 0.25) is 11.8 Å². The third kappa shape index (κ3) is 8.39. The van der Waals surface area contributed by atoms with Gasteiger partial charge in [-0.25, -0.2) is 4.98 Å². The molecule has 2 aromatic rings. The van der Waals surface area contributed by atoms with Crippen molar-refractivity contribution in [3.05, 3.63) is 47.5 Å². The number of piperidine rings is 1. The van der Waals surface area contributed by atoms with Crippen molar-refractivity contribution in [1.82, 2.24) is 30.3 Å². The van der Waals surface area contributed by atoms with E-state index in [0.717, 1.165) is 63.7 Å². The van der Waals surface area contributed by atoms with Gasteiger partial charge in [0, 0.05) is 36.2 Å². The predicted molar refractivity (Wildman–Crippen MR) is 171 cm³/mol. The van der Waals surface area contributed by atoms with Crippen LogP contribution in [0.2, 0.25) is 5.02 Å². The van der Waals surface area contributed by atoms with Crippen molar-refractivity contribution < 1.29 is 9.59 Å². The molecule has 0 radical (unpaired) electrons. The van der Waals surface area contributed by atoms with E-state index in [-0.39, 0.29) is 34.7 Å². The van der Waals surface area contributed by atoms with E-state index >= 15 is 0 Å². The number of nitrogens with zero attached hydrogens (tertiary/aromatic N) is 4. The summed E-state index contributed by atoms with van der Waals surface area (Å²) in [5, 5.41) is 12.1. The highest BCUT2D eigenvalue weighted by molar-refractivity contribution is 6.30. The van der Waals surface area contributed by atoms with Gasteiger partial charge in [-0.1, -0.05) is 55.8 Å². The number of likely N-dealkylation sites (tertiary alicyclic amines) is 1. The Morgan fingerprint density at radius 3 is 2.33 bits per heavy atom. The minimum Gasteiger partial charge on any atom is -0.351 e. The summed E-state index contributed by atoms with van der Waals surface area (Å²) >= 11 is 6.19. The molecule has 1 saturated heterocycles. The van der Waals surface area contributed by atoms with Gasteiger partial charge in [-0.2, -0.15) is 5.10 Å². The van der Waals surface area contributed by atoms with Gasteiger partial charge < -0.3 is 15.5 Å². The van der Waals surface area contributed by atoms with Crippen molar-refractivity contribution in [3.8, 4) is 0 Å². The standard InChI is InChI=1S/C34H51ClN6O2/c1-33(2,3)39-31(42)28-11-7-8-12-29(28)38-30(21-25-13-15-27(35)16-14-25)32(43)40-19-17-34(18-20-40,22-41-24-36-23-37-41)26-9-5-4-6-10-26/h13-16,23-24,26,28-30,38H,4-12,17-22H2,1-3H3,(H,39,42)/t28-,29-,30-/m1/s1. The number of nitrogens with one attached hydrogen (secondary N) is 2. The van der Waals surface area contributed by atoms with Crippen LogP contribution in [0.1, 0.15) is 97.0 Å². The second kappa shape index (κ2) is 14.1. The first-order valence-electron chi connectivity index (χ1n) is 16.6. The molecular formula is C34H51ClN6O2. The minimum atomic E-state index is -0.397. The number of aromatic nitrogens is 3. The molecule has 3 atom stereocenters. The van der Waals surface area contributed by atoms with E-state index in [2.05, 4.69) is 25.6 Å². The molecule has 43 heavy (non-hydrogen) atoms. The maximum Gasteiger partial charge on any atom is 0.240 e. The lowest BCUT2D eigenvalue weighted by molar-refractivity contribution is -0.138. The summed E-state index contributed by atoms with van der Waals surface area (Å²) < 4.78 is 2.00. The molecule has 0 unspecified atom stereocenters. The number of hydrogen-bond acceptors (Lipinski definition) is 5. The zero-order valence-corrected chi connectivity index (χ0v) is 27.1. The molecule has 2 N–H and O–H groups in total. The molecule has 3 fully saturated rings. The lowest BCUT2D eigenvalue weighted by Crippen LogP contribution is -2.58. The number of carbonyl (C=O) groups excluding carboxylic acids is 2. The average Bonchev–Trinajstić information content (AvgIpc) is 3.50. The van der Waals surface area contributed by atoms with Gasteiger partial charge in [0.15, 0.2) is 0 Å². The maximum absolute atomic E-state index is 14.4. The smallest absolute Gasteiger partial charge is 0.240 e. The normalized spacial score (nSPS) is 24.0. The van der Waals surface area contributed by atoms with Crippen LogP contribution in [0.4, 0.5) is 0 Å². The van der Waals surface area contributed by atoms with Crippen molar-refractivity contribution in [1.29, 1.82) is 0 Å². The molecule has 0 bridgehead atoms. The van der Waals surface area contributed by atoms with Gasteiger partial charge in [-0.3, -0.25) is 14.3 Å². The first-order valence-corrected chi connectivity index (χ1v) is 16.9. The summed E-state index contributed by atoms with van der Waals surface area (Å²) in [7, 11) is 0. The van der Waals surface area contributed by atoms with Crippen LogP contribution in [-0.4, -0.2) is 62.2 Å². The maximum atomic E-state index is 14.4. The second-order valence-corrected chi connectivity index (χ2v) is 14.8. The van der Waals surface area contributed by atoms with E-state index in [9.17, 15) is 9.59 Å². The van der Waals surface area contributed by atoms with E-state index in [1.165, 1.54) is 32.1 Å². The Bertz CT molecular complexity index is 1180. The number of halogens is 1. The van der Waals surface area contributed by atoms with Crippen LogP contribution in [-0.2, 0) is 22.6 Å². The molecule has 5 rings (SSSR count). The number of amides is 2. The quantitative estimate of drug-likeness (QED) is 0.375. The molecule has 3 aliphatic rings. The lowest BCUT2D eigenvalue weighted by Gasteiger charge is -2.48. The summed E-state index contributed by atoms with van der Waals surface area (Å²) in [6, 6.07) is 7.38. The van der Waals surface area contributed by atoms with Crippen LogP contribution in [0, 0.1) is 17.3 Å². The Morgan fingerprint density at radius 1 is 1.00 bits per heavy atom. The monoisotopic (exact) mass is 610 g/mol. The highest BCUT2D eigenvalue weighted by Crippen LogP contribution is 2.47. The summed E-state index contributed by atoms with van der Waals surface area (Å²) in [5.74, 6) is 0.755. The molecule has 1 aromatic heterocycles. The van der Waals surface area contributed by atoms with Crippen LogP contribution in [0.25, 0.3) is 0 Å². The molecule has 2 heterocycles. The summed E-state index contributed by atoms with van der Waals surface area (Å²) in [6.45, 7) is 8.45. The molecule has 2 aliphatic carbocycles. The Balaban J connectivity index is 1.33. The number of hydrogen-bond donors (Lipinski definition) is 2. The van der Waals surface area contributed by atoms with E-state index in [4.69, 9.17) is 11.6 Å². The van der Waals surface area contributed by atoms with Crippen LogP contribution in [0.3, 0.4) is 0 Å². The largest absolute Gasteiger partial charge is 0.351 e. The SMILES string of the molecule is CC(C)(C)NC(=O)[C@@H]1CCCC[C@H]1N[C@H](Cc1ccc(Cl)cc1)C(=O)N1CCC(Cn2cncn2)(C2CCCCC2)CC1. The van der Waals surface area contributed by atoms with Gasteiger partial charge in [-0.15, -0.1) is 0 Å². The van der Waals surface area contributed by atoms with E-state index in [1.54, 1.807) is 6.33 Å². The number of benzene rings is 1. The third-order valence-electron chi connectivity index (χ3n) is 10.2. The first-order chi connectivity index (χ1) is 20.6. The van der Waals surface area contributed by atoms with Crippen LogP contribution < -0.4 is 10.6 Å². The zero-order valence-electron chi connectivity index (χ0n) is 26.4. The van der Waals surface area contributed by atoms with Gasteiger partial charge >= 0.3 is 0 Å². The van der Waals surface area contributed by atoms with E-state index in [1.807, 2.05) is 56.0 Å². The minimum absolute atomic E-state index is 0.0317. The fraction of sp³-hybridized carbons (Fsp3) is 0.706. The molecule has 1 aromatic carbocycles. The number of rotatable bonds is 9. The van der Waals surface area contributed by atoms with Crippen molar-refractivity contribution in [3.63, 3.8) is 0 Å². The third-order valence-corrected chi connectivity index (χ3v) is 10.4. The van der Waals surface area contributed by atoms with Crippen molar-refractivity contribution >= 4 is 23.4 Å². The van der Waals surface area contributed by atoms with Gasteiger partial charge in [0.05, 0.1) is 12.0 Å². The van der Waals surface area contributed by atoms with E-state index in [0.29, 0.717) is 17.4 Å². The molecule has 236 valence electrons. The topological polar surface area (TPSA) is 92.2 Å². The Labute approximate surface area is 262 Å². The van der Waals surface area contributed by atoms with Crippen molar-refractivity contribution in [2.24, 2.45) is 17.3 Å². The summed E-state index contributed by atoms with van der Waals surface area (Å²) in [5.41, 5.74) is 0.924. The summed E-state index contributed by atoms with van der Waals surface area (Å²) in [6.07, 6.45) is 16.3. The first kappa shape index (κ1) is 32.0. The molecule has 9 heteroatoms. The number of carbonyl (C=O) groups is 2. The molecule has 1 aliphatic heterocycles. The summed E-state index contributed by atoms with van der Waals surface area (Å²) in [4.78, 5) is 34.0. The van der Waals surface area contributed by atoms with Gasteiger partial charge in [0.1, 0.15) is 12.7 Å². The van der Waals surface area contributed by atoms with Gasteiger partial charge in [0.25, 0.3) is 0 Å². The molecular weight excluding hydrogens is 560 g/mol. The fourth-order valence-electron chi connectivity index (χ4n) is 7.88. The Kier molecular flexibility index (Phi) is 10.5. The molecule has 8 nitrogen and oxygen atoms in total. The van der Waals surface area contributed by atoms with Crippen LogP contribution in [0.15, 0.2) is 36.9 Å². The van der Waals surface area contributed by atoms with Crippen LogP contribution in [0.5, 0.6) is 0 Å². The Hall–Kier alpha value is -2.45. The lowest BCUT2D eigenvalue weighted by atomic mass is 9.63. The van der Waals surface area contributed by atoms with Crippen LogP contribution >= 0.6 is 11.6 Å². The molecule has 2 amide bonds. The Morgan fingerprint density at radius 2 is 1.67 bits per heavy atom. The highest BCUT2D eigenvalue weighted by atomic mass is 35.5. The van der Waals surface area contributed by atoms with Crippen molar-refractivity contribution in [2.45, 2.75) is 122 Å². The van der Waals surface area contributed by atoms with Crippen molar-refractivity contribution in [2.75, 3.05) is 13.1 Å². The molecule has 0 spiro atoms. The highest BCUT2D eigenvalue weighted by Gasteiger charge is 2.44. The zero-order chi connectivity index (χ0) is 30.5. The second-order valence-electron chi connectivity index (χ2n) is 14.4. The van der Waals surface area contributed by atoms with Gasteiger partial charge in [-0.05, 0) is 94.7 Å². The predicted octanol–water partition coefficient (Wildman–Crippen LogP) is 5.80.